The van der Waals surface area contributed by atoms with E-state index in [1.54, 1.807) is 12.1 Å². The molecule has 21 heavy (non-hydrogen) atoms. The number of halogens is 2. The van der Waals surface area contributed by atoms with Crippen LogP contribution in [-0.2, 0) is 16.4 Å². The molecule has 8 heteroatoms. The fraction of sp³-hybridized carbons (Fsp3) is 0.154. The molecule has 0 unspecified atom stereocenters. The Morgan fingerprint density at radius 3 is 2.67 bits per heavy atom. The van der Waals surface area contributed by atoms with Gasteiger partial charge in [0.2, 0.25) is 0 Å². The third-order valence-electron chi connectivity index (χ3n) is 2.75. The van der Waals surface area contributed by atoms with Crippen LogP contribution in [0.25, 0.3) is 0 Å². The number of rotatable bonds is 4. The first-order chi connectivity index (χ1) is 9.83. The van der Waals surface area contributed by atoms with Gasteiger partial charge in [0.25, 0.3) is 10.0 Å². The highest BCUT2D eigenvalue weighted by atomic mass is 35.5. The Hall–Kier alpha value is -1.50. The highest BCUT2D eigenvalue weighted by molar-refractivity contribution is 7.92. The van der Waals surface area contributed by atoms with Crippen LogP contribution in [0.1, 0.15) is 12.5 Å². The Labute approximate surface area is 132 Å². The molecule has 2 aromatic rings. The molecule has 0 amide bonds. The maximum Gasteiger partial charge on any atom is 0.266 e. The Morgan fingerprint density at radius 2 is 2.00 bits per heavy atom. The van der Waals surface area contributed by atoms with Crippen LogP contribution in [-0.4, -0.2) is 18.5 Å². The van der Waals surface area contributed by atoms with Crippen molar-refractivity contribution in [2.75, 3.05) is 4.72 Å². The zero-order chi connectivity index (χ0) is 15.6. The number of aryl methyl sites for hydroxylation is 1. The summed E-state index contributed by atoms with van der Waals surface area (Å²) >= 11 is 11.5. The summed E-state index contributed by atoms with van der Waals surface area (Å²) in [5, 5.41) is 9.77. The van der Waals surface area contributed by atoms with Gasteiger partial charge < -0.3 is 5.11 Å². The lowest BCUT2D eigenvalue weighted by molar-refractivity contribution is 0.459. The zero-order valence-electron chi connectivity index (χ0n) is 11.0. The van der Waals surface area contributed by atoms with E-state index in [0.717, 1.165) is 18.1 Å². The average Bonchev–Trinajstić information content (AvgIpc) is 2.42. The molecule has 2 rings (SSSR count). The molecule has 0 aliphatic heterocycles. The summed E-state index contributed by atoms with van der Waals surface area (Å²) in [6.45, 7) is 1.94. The van der Waals surface area contributed by atoms with Gasteiger partial charge in [-0.15, -0.1) is 0 Å². The van der Waals surface area contributed by atoms with Gasteiger partial charge in [0, 0.05) is 11.2 Å². The molecule has 1 aromatic heterocycles. The molecule has 0 saturated carbocycles. The first-order valence-electron chi connectivity index (χ1n) is 5.99. The zero-order valence-corrected chi connectivity index (χ0v) is 13.3. The monoisotopic (exact) mass is 346 g/mol. The molecule has 1 aromatic carbocycles. The van der Waals surface area contributed by atoms with Crippen molar-refractivity contribution in [2.24, 2.45) is 0 Å². The van der Waals surface area contributed by atoms with Gasteiger partial charge >= 0.3 is 0 Å². The van der Waals surface area contributed by atoms with Gasteiger partial charge in [-0.05, 0) is 36.2 Å². The second-order valence-electron chi connectivity index (χ2n) is 4.24. The quantitative estimate of drug-likeness (QED) is 0.888. The van der Waals surface area contributed by atoms with E-state index in [-0.39, 0.29) is 15.9 Å². The Morgan fingerprint density at radius 1 is 1.29 bits per heavy atom. The van der Waals surface area contributed by atoms with Gasteiger partial charge in [-0.2, -0.15) is 0 Å². The standard InChI is InChI=1S/C13H12Cl2N2O3S/c1-2-8-3-4-16-12(5-8)17-21(19,20)11-7-9(14)6-10(15)13(11)18/h3-7,18H,2H2,1H3,(H,16,17). The average molecular weight is 347 g/mol. The fourth-order valence-corrected chi connectivity index (χ4v) is 3.45. The molecule has 5 nitrogen and oxygen atoms in total. The van der Waals surface area contributed by atoms with E-state index in [0.29, 0.717) is 0 Å². The van der Waals surface area contributed by atoms with Gasteiger partial charge in [-0.25, -0.2) is 13.4 Å². The number of sulfonamides is 1. The van der Waals surface area contributed by atoms with Crippen LogP contribution in [0.4, 0.5) is 5.82 Å². The van der Waals surface area contributed by atoms with Crippen LogP contribution in [0.5, 0.6) is 5.75 Å². The first kappa shape index (κ1) is 15.9. The molecule has 112 valence electrons. The summed E-state index contributed by atoms with van der Waals surface area (Å²) in [6, 6.07) is 5.77. The molecular formula is C13H12Cl2N2O3S. The van der Waals surface area contributed by atoms with E-state index in [4.69, 9.17) is 23.2 Å². The second-order valence-corrected chi connectivity index (χ2v) is 6.74. The van der Waals surface area contributed by atoms with Crippen molar-refractivity contribution in [1.29, 1.82) is 0 Å². The number of phenolic OH excluding ortho intramolecular Hbond substituents is 1. The van der Waals surface area contributed by atoms with E-state index < -0.39 is 20.7 Å². The van der Waals surface area contributed by atoms with Gasteiger partial charge in [-0.1, -0.05) is 30.1 Å². The minimum Gasteiger partial charge on any atom is -0.505 e. The number of hydrogen-bond acceptors (Lipinski definition) is 4. The van der Waals surface area contributed by atoms with Crippen molar-refractivity contribution in [1.82, 2.24) is 4.98 Å². The Kier molecular flexibility index (Phi) is 4.61. The first-order valence-corrected chi connectivity index (χ1v) is 8.23. The summed E-state index contributed by atoms with van der Waals surface area (Å²) in [5.41, 5.74) is 0.927. The molecule has 2 N–H and O–H groups in total. The normalized spacial score (nSPS) is 11.4. The number of nitrogens with one attached hydrogen (secondary N) is 1. The van der Waals surface area contributed by atoms with Crippen molar-refractivity contribution in [3.8, 4) is 5.75 Å². The molecule has 0 aliphatic carbocycles. The molecule has 0 atom stereocenters. The van der Waals surface area contributed by atoms with Crippen LogP contribution in [0.15, 0.2) is 35.4 Å². The van der Waals surface area contributed by atoms with Crippen LogP contribution >= 0.6 is 23.2 Å². The molecule has 0 aliphatic rings. The highest BCUT2D eigenvalue weighted by Crippen LogP contribution is 2.34. The lowest BCUT2D eigenvalue weighted by Gasteiger charge is -2.10. The Balaban J connectivity index is 2.43. The van der Waals surface area contributed by atoms with Gasteiger partial charge in [0.15, 0.2) is 5.75 Å². The SMILES string of the molecule is CCc1ccnc(NS(=O)(=O)c2cc(Cl)cc(Cl)c2O)c1. The van der Waals surface area contributed by atoms with Crippen LogP contribution in [0, 0.1) is 0 Å². The highest BCUT2D eigenvalue weighted by Gasteiger charge is 2.22. The number of benzene rings is 1. The van der Waals surface area contributed by atoms with Crippen molar-refractivity contribution in [3.05, 3.63) is 46.1 Å². The largest absolute Gasteiger partial charge is 0.505 e. The molecule has 0 spiro atoms. The van der Waals surface area contributed by atoms with Crippen LogP contribution < -0.4 is 4.72 Å². The number of aromatic hydroxyl groups is 1. The van der Waals surface area contributed by atoms with Gasteiger partial charge in [0.1, 0.15) is 10.7 Å². The predicted molar refractivity (Wildman–Crippen MR) is 82.6 cm³/mol. The van der Waals surface area contributed by atoms with Crippen LogP contribution in [0.3, 0.4) is 0 Å². The maximum absolute atomic E-state index is 12.3. The number of hydrogen-bond donors (Lipinski definition) is 2. The smallest absolute Gasteiger partial charge is 0.266 e. The van der Waals surface area contributed by atoms with E-state index in [1.807, 2.05) is 6.92 Å². The summed E-state index contributed by atoms with van der Waals surface area (Å²) in [5.74, 6) is -0.398. The lowest BCUT2D eigenvalue weighted by atomic mass is 10.2. The molecular weight excluding hydrogens is 335 g/mol. The third-order valence-corrected chi connectivity index (χ3v) is 4.63. The van der Waals surface area contributed by atoms with Crippen molar-refractivity contribution in [2.45, 2.75) is 18.2 Å². The molecule has 0 saturated heterocycles. The topological polar surface area (TPSA) is 79.3 Å². The fourth-order valence-electron chi connectivity index (χ4n) is 1.69. The number of nitrogens with zero attached hydrogens (tertiary/aromatic N) is 1. The van der Waals surface area contributed by atoms with Gasteiger partial charge in [0.05, 0.1) is 5.02 Å². The third kappa shape index (κ3) is 3.58. The van der Waals surface area contributed by atoms with Gasteiger partial charge in [-0.3, -0.25) is 4.72 Å². The molecule has 0 fully saturated rings. The number of aromatic nitrogens is 1. The van der Waals surface area contributed by atoms with E-state index in [1.165, 1.54) is 12.3 Å². The lowest BCUT2D eigenvalue weighted by Crippen LogP contribution is -2.14. The van der Waals surface area contributed by atoms with Crippen molar-refractivity contribution in [3.63, 3.8) is 0 Å². The van der Waals surface area contributed by atoms with E-state index in [9.17, 15) is 13.5 Å². The summed E-state index contributed by atoms with van der Waals surface area (Å²) in [6.07, 6.45) is 2.24. The minimum atomic E-state index is -4.05. The van der Waals surface area contributed by atoms with Crippen molar-refractivity contribution >= 4 is 39.0 Å². The van der Waals surface area contributed by atoms with Crippen molar-refractivity contribution < 1.29 is 13.5 Å². The van der Waals surface area contributed by atoms with Crippen LogP contribution in [0.2, 0.25) is 10.0 Å². The maximum atomic E-state index is 12.3. The summed E-state index contributed by atoms with van der Waals surface area (Å²) < 4.78 is 26.9. The minimum absolute atomic E-state index is 0.105. The summed E-state index contributed by atoms with van der Waals surface area (Å²) in [7, 11) is -4.05. The number of pyridine rings is 1. The second kappa shape index (κ2) is 6.09. The number of anilines is 1. The van der Waals surface area contributed by atoms with E-state index in [2.05, 4.69) is 9.71 Å². The van der Waals surface area contributed by atoms with E-state index >= 15 is 0 Å². The Bertz CT molecular complexity index is 779. The molecule has 0 bridgehead atoms. The summed E-state index contributed by atoms with van der Waals surface area (Å²) in [4.78, 5) is 3.54. The predicted octanol–water partition coefficient (Wildman–Crippen LogP) is 3.46. The molecule has 0 radical (unpaired) electrons. The molecule has 1 heterocycles. The number of phenols is 1.